The van der Waals surface area contributed by atoms with Crippen LogP contribution in [0.4, 0.5) is 0 Å². The van der Waals surface area contributed by atoms with E-state index in [-0.39, 0.29) is 12.3 Å². The molecule has 2 rings (SSSR count). The van der Waals surface area contributed by atoms with Gasteiger partial charge in [-0.1, -0.05) is 29.3 Å². The van der Waals surface area contributed by atoms with Crippen molar-refractivity contribution in [2.24, 2.45) is 0 Å². The standard InChI is InChI=1S/C15H17Cl2NO4/c1-21-15(20)12(18-14(19)13-6-3-7-22-13)8-9-10(16)4-2-5-11(9)17/h2,4-5,12-13H,3,6-8H2,1H3,(H,18,19)/t12-,13+/m1/s1. The zero-order valence-electron chi connectivity index (χ0n) is 12.1. The maximum absolute atomic E-state index is 12.1. The van der Waals surface area contributed by atoms with Crippen LogP contribution in [0.1, 0.15) is 18.4 Å². The third kappa shape index (κ3) is 4.12. The number of esters is 1. The second-order valence-electron chi connectivity index (χ2n) is 4.99. The maximum Gasteiger partial charge on any atom is 0.328 e. The number of carbonyl (C=O) groups is 2. The zero-order valence-corrected chi connectivity index (χ0v) is 13.6. The average molecular weight is 346 g/mol. The van der Waals surface area contributed by atoms with Crippen LogP contribution in [0.25, 0.3) is 0 Å². The molecule has 5 nitrogen and oxygen atoms in total. The second kappa shape index (κ2) is 7.81. The van der Waals surface area contributed by atoms with Crippen molar-refractivity contribution in [2.45, 2.75) is 31.4 Å². The Kier molecular flexibility index (Phi) is 6.06. The molecule has 2 atom stereocenters. The van der Waals surface area contributed by atoms with Crippen LogP contribution in [0.5, 0.6) is 0 Å². The summed E-state index contributed by atoms with van der Waals surface area (Å²) < 4.78 is 10.1. The number of hydrogen-bond donors (Lipinski definition) is 1. The quantitative estimate of drug-likeness (QED) is 0.832. The van der Waals surface area contributed by atoms with Crippen molar-refractivity contribution in [3.8, 4) is 0 Å². The van der Waals surface area contributed by atoms with Crippen LogP contribution in [-0.2, 0) is 25.5 Å². The summed E-state index contributed by atoms with van der Waals surface area (Å²) in [6, 6.07) is 4.21. The lowest BCUT2D eigenvalue weighted by molar-refractivity contribution is -0.146. The van der Waals surface area contributed by atoms with Gasteiger partial charge in [0.05, 0.1) is 7.11 Å². The molecule has 0 bridgehead atoms. The number of methoxy groups -OCH3 is 1. The third-order valence-corrected chi connectivity index (χ3v) is 4.20. The molecule has 1 saturated heterocycles. The lowest BCUT2D eigenvalue weighted by atomic mass is 10.1. The number of benzene rings is 1. The number of rotatable bonds is 5. The minimum absolute atomic E-state index is 0.156. The monoisotopic (exact) mass is 345 g/mol. The van der Waals surface area contributed by atoms with Crippen molar-refractivity contribution < 1.29 is 19.1 Å². The molecule has 0 spiro atoms. The van der Waals surface area contributed by atoms with E-state index in [0.29, 0.717) is 28.6 Å². The van der Waals surface area contributed by atoms with Gasteiger partial charge in [-0.15, -0.1) is 0 Å². The number of carbonyl (C=O) groups excluding carboxylic acids is 2. The van der Waals surface area contributed by atoms with Crippen LogP contribution < -0.4 is 5.32 Å². The average Bonchev–Trinajstić information content (AvgIpc) is 3.03. The maximum atomic E-state index is 12.1. The van der Waals surface area contributed by atoms with Crippen LogP contribution in [0.2, 0.25) is 10.0 Å². The molecule has 7 heteroatoms. The molecular formula is C15H17Cl2NO4. The third-order valence-electron chi connectivity index (χ3n) is 3.49. The number of amides is 1. The van der Waals surface area contributed by atoms with E-state index in [0.717, 1.165) is 6.42 Å². The van der Waals surface area contributed by atoms with Gasteiger partial charge in [0.25, 0.3) is 0 Å². The molecule has 0 radical (unpaired) electrons. The van der Waals surface area contributed by atoms with E-state index in [1.165, 1.54) is 7.11 Å². The smallest absolute Gasteiger partial charge is 0.328 e. The van der Waals surface area contributed by atoms with Gasteiger partial charge in [-0.25, -0.2) is 4.79 Å². The van der Waals surface area contributed by atoms with Crippen molar-refractivity contribution in [1.29, 1.82) is 0 Å². The van der Waals surface area contributed by atoms with Gasteiger partial charge in [-0.05, 0) is 30.5 Å². The van der Waals surface area contributed by atoms with Gasteiger partial charge in [0.2, 0.25) is 5.91 Å². The molecule has 120 valence electrons. The summed E-state index contributed by atoms with van der Waals surface area (Å²) in [5.74, 6) is -0.876. The summed E-state index contributed by atoms with van der Waals surface area (Å²) in [7, 11) is 1.27. The Bertz CT molecular complexity index is 538. The molecule has 1 heterocycles. The second-order valence-corrected chi connectivity index (χ2v) is 5.80. The van der Waals surface area contributed by atoms with E-state index < -0.39 is 18.1 Å². The lowest BCUT2D eigenvalue weighted by Gasteiger charge is -2.19. The summed E-state index contributed by atoms with van der Waals surface area (Å²) in [4.78, 5) is 24.1. The first-order valence-electron chi connectivity index (χ1n) is 6.95. The van der Waals surface area contributed by atoms with Gasteiger partial charge < -0.3 is 14.8 Å². The topological polar surface area (TPSA) is 64.6 Å². The predicted octanol–water partition coefficient (Wildman–Crippen LogP) is 2.37. The van der Waals surface area contributed by atoms with Crippen molar-refractivity contribution in [2.75, 3.05) is 13.7 Å². The first-order chi connectivity index (χ1) is 10.5. The molecule has 1 aromatic rings. The summed E-state index contributed by atoms with van der Waals surface area (Å²) in [5.41, 5.74) is 0.592. The Hall–Kier alpha value is -1.30. The van der Waals surface area contributed by atoms with Crippen molar-refractivity contribution in [3.63, 3.8) is 0 Å². The van der Waals surface area contributed by atoms with Gasteiger partial charge >= 0.3 is 5.97 Å². The highest BCUT2D eigenvalue weighted by Gasteiger charge is 2.29. The lowest BCUT2D eigenvalue weighted by Crippen LogP contribution is -2.47. The molecular weight excluding hydrogens is 329 g/mol. The van der Waals surface area contributed by atoms with Crippen LogP contribution in [-0.4, -0.2) is 37.7 Å². The Morgan fingerprint density at radius 1 is 1.41 bits per heavy atom. The predicted molar refractivity (Wildman–Crippen MR) is 83.1 cm³/mol. The first kappa shape index (κ1) is 17.1. The first-order valence-corrected chi connectivity index (χ1v) is 7.71. The Balaban J connectivity index is 2.12. The highest BCUT2D eigenvalue weighted by atomic mass is 35.5. The van der Waals surface area contributed by atoms with E-state index in [9.17, 15) is 9.59 Å². The Labute approximate surface area is 138 Å². The molecule has 1 fully saturated rings. The number of ether oxygens (including phenoxy) is 2. The van der Waals surface area contributed by atoms with E-state index in [4.69, 9.17) is 32.7 Å². The van der Waals surface area contributed by atoms with Crippen LogP contribution >= 0.6 is 23.2 Å². The highest BCUT2D eigenvalue weighted by molar-refractivity contribution is 6.36. The normalized spacial score (nSPS) is 18.8. The van der Waals surface area contributed by atoms with E-state index in [1.807, 2.05) is 0 Å². The molecule has 1 amide bonds. The summed E-state index contributed by atoms with van der Waals surface area (Å²) in [6.07, 6.45) is 1.11. The Morgan fingerprint density at radius 3 is 2.64 bits per heavy atom. The number of halogens is 2. The van der Waals surface area contributed by atoms with E-state index >= 15 is 0 Å². The number of hydrogen-bond acceptors (Lipinski definition) is 4. The molecule has 22 heavy (non-hydrogen) atoms. The minimum atomic E-state index is -0.862. The zero-order chi connectivity index (χ0) is 16.1. The SMILES string of the molecule is COC(=O)[C@@H](Cc1c(Cl)cccc1Cl)NC(=O)[C@@H]1CCCO1. The molecule has 0 aliphatic carbocycles. The molecule has 1 aliphatic rings. The largest absolute Gasteiger partial charge is 0.467 e. The van der Waals surface area contributed by atoms with Crippen LogP contribution in [0, 0.1) is 0 Å². The molecule has 1 aliphatic heterocycles. The van der Waals surface area contributed by atoms with Crippen molar-refractivity contribution >= 4 is 35.1 Å². The Morgan fingerprint density at radius 2 is 2.09 bits per heavy atom. The number of nitrogens with one attached hydrogen (secondary N) is 1. The summed E-state index contributed by atoms with van der Waals surface area (Å²) >= 11 is 12.2. The fourth-order valence-corrected chi connectivity index (χ4v) is 2.87. The van der Waals surface area contributed by atoms with Gasteiger partial charge in [0.1, 0.15) is 12.1 Å². The van der Waals surface area contributed by atoms with Gasteiger partial charge in [-0.3, -0.25) is 4.79 Å². The van der Waals surface area contributed by atoms with E-state index in [1.54, 1.807) is 18.2 Å². The fourth-order valence-electron chi connectivity index (χ4n) is 2.32. The minimum Gasteiger partial charge on any atom is -0.467 e. The van der Waals surface area contributed by atoms with Gasteiger partial charge in [0, 0.05) is 23.1 Å². The summed E-state index contributed by atoms with van der Waals surface area (Å²) in [6.45, 7) is 0.553. The molecule has 0 aromatic heterocycles. The molecule has 1 N–H and O–H groups in total. The van der Waals surface area contributed by atoms with Crippen LogP contribution in [0.15, 0.2) is 18.2 Å². The molecule has 0 saturated carbocycles. The highest BCUT2D eigenvalue weighted by Crippen LogP contribution is 2.26. The summed E-state index contributed by atoms with van der Waals surface area (Å²) in [5, 5.41) is 3.53. The van der Waals surface area contributed by atoms with Crippen LogP contribution in [0.3, 0.4) is 0 Å². The van der Waals surface area contributed by atoms with Gasteiger partial charge in [-0.2, -0.15) is 0 Å². The molecule has 0 unspecified atom stereocenters. The molecule has 1 aromatic carbocycles. The van der Waals surface area contributed by atoms with Crippen molar-refractivity contribution in [1.82, 2.24) is 5.32 Å². The van der Waals surface area contributed by atoms with Gasteiger partial charge in [0.15, 0.2) is 0 Å². The fraction of sp³-hybridized carbons (Fsp3) is 0.467. The van der Waals surface area contributed by atoms with Crippen molar-refractivity contribution in [3.05, 3.63) is 33.8 Å². The van der Waals surface area contributed by atoms with E-state index in [2.05, 4.69) is 5.32 Å².